The van der Waals surface area contributed by atoms with Crippen LogP contribution in [0.25, 0.3) is 0 Å². The molecule has 1 aromatic rings. The second kappa shape index (κ2) is 6.35. The lowest BCUT2D eigenvalue weighted by atomic mass is 10.2. The molecule has 0 saturated heterocycles. The van der Waals surface area contributed by atoms with E-state index in [2.05, 4.69) is 5.16 Å². The summed E-state index contributed by atoms with van der Waals surface area (Å²) in [6.45, 7) is 4.66. The first-order chi connectivity index (χ1) is 8.08. The molecule has 0 fully saturated rings. The number of halogens is 1. The van der Waals surface area contributed by atoms with Crippen LogP contribution in [0.5, 0.6) is 11.5 Å². The highest BCUT2D eigenvalue weighted by atomic mass is 35.5. The van der Waals surface area contributed by atoms with Crippen LogP contribution >= 0.6 is 11.6 Å². The summed E-state index contributed by atoms with van der Waals surface area (Å²) in [6, 6.07) is 3.35. The van der Waals surface area contributed by atoms with Crippen molar-refractivity contribution in [3.05, 3.63) is 22.7 Å². The van der Waals surface area contributed by atoms with Crippen LogP contribution in [0.3, 0.4) is 0 Å². The molecule has 4 nitrogen and oxygen atoms in total. The van der Waals surface area contributed by atoms with Gasteiger partial charge in [-0.05, 0) is 18.1 Å². The molecule has 1 rings (SSSR count). The predicted octanol–water partition coefficient (Wildman–Crippen LogP) is 3.19. The van der Waals surface area contributed by atoms with Crippen LogP contribution in [0.1, 0.15) is 19.4 Å². The number of rotatable bonds is 5. The normalized spacial score (nSPS) is 11.1. The molecule has 0 heterocycles. The molecule has 94 valence electrons. The topological polar surface area (TPSA) is 51.0 Å². The molecule has 0 atom stereocenters. The zero-order valence-electron chi connectivity index (χ0n) is 10.1. The highest BCUT2D eigenvalue weighted by Crippen LogP contribution is 2.36. The van der Waals surface area contributed by atoms with E-state index in [0.717, 1.165) is 0 Å². The smallest absolute Gasteiger partial charge is 0.179 e. The largest absolute Gasteiger partial charge is 0.493 e. The van der Waals surface area contributed by atoms with Gasteiger partial charge < -0.3 is 14.7 Å². The van der Waals surface area contributed by atoms with E-state index in [-0.39, 0.29) is 0 Å². The lowest BCUT2D eigenvalue weighted by molar-refractivity contribution is 0.257. The zero-order valence-corrected chi connectivity index (χ0v) is 10.9. The third kappa shape index (κ3) is 3.82. The van der Waals surface area contributed by atoms with Crippen molar-refractivity contribution in [2.24, 2.45) is 11.1 Å². The summed E-state index contributed by atoms with van der Waals surface area (Å²) in [5.74, 6) is 1.43. The third-order valence-corrected chi connectivity index (χ3v) is 2.30. The molecule has 1 aromatic carbocycles. The molecule has 0 aliphatic carbocycles. The Kier molecular flexibility index (Phi) is 5.10. The van der Waals surface area contributed by atoms with E-state index in [4.69, 9.17) is 26.3 Å². The second-order valence-electron chi connectivity index (χ2n) is 3.98. The Morgan fingerprint density at radius 3 is 2.71 bits per heavy atom. The molecular weight excluding hydrogens is 242 g/mol. The molecule has 0 radical (unpaired) electrons. The maximum absolute atomic E-state index is 8.47. The molecule has 0 spiro atoms. The van der Waals surface area contributed by atoms with Crippen LogP contribution in [0.4, 0.5) is 0 Å². The number of methoxy groups -OCH3 is 1. The third-order valence-electron chi connectivity index (χ3n) is 2.02. The number of ether oxygens (including phenoxy) is 2. The molecule has 0 aromatic heterocycles. The first-order valence-corrected chi connectivity index (χ1v) is 5.64. The van der Waals surface area contributed by atoms with E-state index >= 15 is 0 Å². The van der Waals surface area contributed by atoms with Gasteiger partial charge in [0, 0.05) is 5.56 Å². The summed E-state index contributed by atoms with van der Waals surface area (Å²) in [7, 11) is 1.54. The maximum Gasteiger partial charge on any atom is 0.179 e. The summed E-state index contributed by atoms with van der Waals surface area (Å²) < 4.78 is 10.8. The Morgan fingerprint density at radius 1 is 1.47 bits per heavy atom. The summed E-state index contributed by atoms with van der Waals surface area (Å²) in [5, 5.41) is 11.9. The fraction of sp³-hybridized carbons (Fsp3) is 0.417. The van der Waals surface area contributed by atoms with Crippen molar-refractivity contribution in [1.82, 2.24) is 0 Å². The Labute approximate surface area is 106 Å². The quantitative estimate of drug-likeness (QED) is 0.501. The summed E-state index contributed by atoms with van der Waals surface area (Å²) in [4.78, 5) is 0. The van der Waals surface area contributed by atoms with Crippen LogP contribution in [-0.4, -0.2) is 25.1 Å². The van der Waals surface area contributed by atoms with Crippen LogP contribution in [0.2, 0.25) is 5.02 Å². The number of hydrogen-bond donors (Lipinski definition) is 1. The van der Waals surface area contributed by atoms with Crippen molar-refractivity contribution >= 4 is 17.8 Å². The summed E-state index contributed by atoms with van der Waals surface area (Å²) >= 11 is 6.08. The lowest BCUT2D eigenvalue weighted by Crippen LogP contribution is -2.06. The van der Waals surface area contributed by atoms with E-state index in [9.17, 15) is 0 Å². The number of benzene rings is 1. The van der Waals surface area contributed by atoms with Gasteiger partial charge in [-0.3, -0.25) is 0 Å². The lowest BCUT2D eigenvalue weighted by Gasteiger charge is -2.14. The Bertz CT molecular complexity index is 405. The van der Waals surface area contributed by atoms with Crippen molar-refractivity contribution in [3.8, 4) is 11.5 Å². The average molecular weight is 258 g/mol. The van der Waals surface area contributed by atoms with Crippen molar-refractivity contribution in [2.75, 3.05) is 13.7 Å². The molecule has 0 unspecified atom stereocenters. The van der Waals surface area contributed by atoms with E-state index < -0.39 is 0 Å². The van der Waals surface area contributed by atoms with Crippen molar-refractivity contribution in [3.63, 3.8) is 0 Å². The van der Waals surface area contributed by atoms with Crippen LogP contribution < -0.4 is 9.47 Å². The van der Waals surface area contributed by atoms with E-state index in [1.54, 1.807) is 12.1 Å². The average Bonchev–Trinajstić information content (AvgIpc) is 2.27. The van der Waals surface area contributed by atoms with Gasteiger partial charge in [-0.1, -0.05) is 30.6 Å². The van der Waals surface area contributed by atoms with E-state index in [0.29, 0.717) is 34.6 Å². The maximum atomic E-state index is 8.47. The van der Waals surface area contributed by atoms with Gasteiger partial charge in [0.2, 0.25) is 0 Å². The van der Waals surface area contributed by atoms with Gasteiger partial charge >= 0.3 is 0 Å². The van der Waals surface area contributed by atoms with Crippen molar-refractivity contribution in [1.29, 1.82) is 0 Å². The van der Waals surface area contributed by atoms with Gasteiger partial charge in [0.05, 0.1) is 25.0 Å². The SMILES string of the molecule is COc1cc(/C=N\O)cc(Cl)c1OCC(C)C. The Morgan fingerprint density at radius 2 is 2.18 bits per heavy atom. The van der Waals surface area contributed by atoms with Gasteiger partial charge in [0.1, 0.15) is 0 Å². The van der Waals surface area contributed by atoms with Crippen molar-refractivity contribution in [2.45, 2.75) is 13.8 Å². The van der Waals surface area contributed by atoms with Gasteiger partial charge in [-0.25, -0.2) is 0 Å². The van der Waals surface area contributed by atoms with Crippen LogP contribution in [-0.2, 0) is 0 Å². The second-order valence-corrected chi connectivity index (χ2v) is 4.39. The highest BCUT2D eigenvalue weighted by Gasteiger charge is 2.12. The summed E-state index contributed by atoms with van der Waals surface area (Å²) in [5.41, 5.74) is 0.645. The fourth-order valence-corrected chi connectivity index (χ4v) is 1.54. The monoisotopic (exact) mass is 257 g/mol. The number of nitrogens with zero attached hydrogens (tertiary/aromatic N) is 1. The minimum atomic E-state index is 0.398. The minimum Gasteiger partial charge on any atom is -0.493 e. The number of oxime groups is 1. The minimum absolute atomic E-state index is 0.398. The van der Waals surface area contributed by atoms with Gasteiger partial charge in [0.25, 0.3) is 0 Å². The molecule has 0 amide bonds. The standard InChI is InChI=1S/C12H16ClNO3/c1-8(2)7-17-12-10(13)4-9(6-14-15)5-11(12)16-3/h4-6,8,15H,7H2,1-3H3/b14-6-. The van der Waals surface area contributed by atoms with Crippen molar-refractivity contribution < 1.29 is 14.7 Å². The Hall–Kier alpha value is -1.42. The highest BCUT2D eigenvalue weighted by molar-refractivity contribution is 6.32. The van der Waals surface area contributed by atoms with E-state index in [1.165, 1.54) is 13.3 Å². The first-order valence-electron chi connectivity index (χ1n) is 5.26. The molecule has 1 N–H and O–H groups in total. The van der Waals surface area contributed by atoms with Gasteiger partial charge in [-0.2, -0.15) is 0 Å². The predicted molar refractivity (Wildman–Crippen MR) is 67.7 cm³/mol. The fourth-order valence-electron chi connectivity index (χ4n) is 1.27. The Balaban J connectivity index is 3.03. The summed E-state index contributed by atoms with van der Waals surface area (Å²) in [6.07, 6.45) is 1.28. The molecule has 0 bridgehead atoms. The molecular formula is C12H16ClNO3. The molecule has 0 aliphatic rings. The zero-order chi connectivity index (χ0) is 12.8. The molecule has 5 heteroatoms. The van der Waals surface area contributed by atoms with Gasteiger partial charge in [-0.15, -0.1) is 0 Å². The van der Waals surface area contributed by atoms with Gasteiger partial charge in [0.15, 0.2) is 11.5 Å². The molecule has 0 saturated carbocycles. The first kappa shape index (κ1) is 13.6. The number of hydrogen-bond acceptors (Lipinski definition) is 4. The molecule has 17 heavy (non-hydrogen) atoms. The van der Waals surface area contributed by atoms with E-state index in [1.807, 2.05) is 13.8 Å². The van der Waals surface area contributed by atoms with Crippen LogP contribution in [0.15, 0.2) is 17.3 Å². The van der Waals surface area contributed by atoms with Crippen LogP contribution in [0, 0.1) is 5.92 Å². The molecule has 0 aliphatic heterocycles.